The van der Waals surface area contributed by atoms with Gasteiger partial charge in [-0.2, -0.15) is 5.26 Å². The molecule has 0 bridgehead atoms. The van der Waals surface area contributed by atoms with E-state index in [9.17, 15) is 4.39 Å². The summed E-state index contributed by atoms with van der Waals surface area (Å²) < 4.78 is 24.1. The Labute approximate surface area is 117 Å². The Bertz CT molecular complexity index is 607. The lowest BCUT2D eigenvalue weighted by atomic mass is 10.2. The fraction of sp³-hybridized carbons (Fsp3) is 0.188. The van der Waals surface area contributed by atoms with E-state index in [1.165, 1.54) is 6.07 Å². The first kappa shape index (κ1) is 14.0. The summed E-state index contributed by atoms with van der Waals surface area (Å²) >= 11 is 0. The van der Waals surface area contributed by atoms with Gasteiger partial charge in [0.1, 0.15) is 24.2 Å². The summed E-state index contributed by atoms with van der Waals surface area (Å²) in [6, 6.07) is 15.5. The summed E-state index contributed by atoms with van der Waals surface area (Å²) in [7, 11) is 0. The molecular weight excluding hydrogens is 257 g/mol. The first-order valence-corrected chi connectivity index (χ1v) is 6.24. The zero-order chi connectivity index (χ0) is 14.2. The Balaban J connectivity index is 1.75. The van der Waals surface area contributed by atoms with Gasteiger partial charge in [0.2, 0.25) is 0 Å². The molecular formula is C16H14FNO2. The van der Waals surface area contributed by atoms with Gasteiger partial charge in [0.05, 0.1) is 18.8 Å². The summed E-state index contributed by atoms with van der Waals surface area (Å²) in [6.45, 7) is 0.844. The average molecular weight is 271 g/mol. The van der Waals surface area contributed by atoms with Crippen molar-refractivity contribution in [2.75, 3.05) is 13.2 Å². The van der Waals surface area contributed by atoms with Crippen molar-refractivity contribution >= 4 is 0 Å². The van der Waals surface area contributed by atoms with Gasteiger partial charge in [-0.25, -0.2) is 4.39 Å². The molecule has 0 radical (unpaired) electrons. The lowest BCUT2D eigenvalue weighted by molar-refractivity contribution is 0.0871. The molecule has 2 rings (SSSR count). The molecule has 0 amide bonds. The van der Waals surface area contributed by atoms with Gasteiger partial charge in [-0.3, -0.25) is 0 Å². The van der Waals surface area contributed by atoms with Crippen LogP contribution >= 0.6 is 0 Å². The smallest absolute Gasteiger partial charge is 0.137 e. The first-order valence-electron chi connectivity index (χ1n) is 6.24. The highest BCUT2D eigenvalue weighted by Gasteiger charge is 2.02. The normalized spacial score (nSPS) is 10.0. The Kier molecular flexibility index (Phi) is 5.10. The van der Waals surface area contributed by atoms with Gasteiger partial charge < -0.3 is 9.47 Å². The second-order valence-corrected chi connectivity index (χ2v) is 4.10. The highest BCUT2D eigenvalue weighted by atomic mass is 19.1. The van der Waals surface area contributed by atoms with E-state index in [2.05, 4.69) is 6.07 Å². The molecule has 0 spiro atoms. The lowest BCUT2D eigenvalue weighted by Gasteiger charge is -2.08. The van der Waals surface area contributed by atoms with Crippen molar-refractivity contribution in [3.8, 4) is 11.8 Å². The van der Waals surface area contributed by atoms with Crippen molar-refractivity contribution in [3.63, 3.8) is 0 Å². The van der Waals surface area contributed by atoms with Crippen LogP contribution in [0.2, 0.25) is 0 Å². The standard InChI is InChI=1S/C16H14FNO2/c17-15-7-3-1-6-14(15)12-19-9-10-20-16-8-4-2-5-13(16)11-18/h1-8H,9-10,12H2. The number of para-hydroxylation sites is 1. The Hall–Kier alpha value is -2.38. The van der Waals surface area contributed by atoms with E-state index >= 15 is 0 Å². The number of benzene rings is 2. The number of hydrogen-bond acceptors (Lipinski definition) is 3. The molecule has 0 fully saturated rings. The maximum atomic E-state index is 13.3. The molecule has 0 heterocycles. The van der Waals surface area contributed by atoms with Crippen LogP contribution in [-0.4, -0.2) is 13.2 Å². The van der Waals surface area contributed by atoms with Crippen LogP contribution in [0, 0.1) is 17.1 Å². The quantitative estimate of drug-likeness (QED) is 0.757. The summed E-state index contributed by atoms with van der Waals surface area (Å²) in [4.78, 5) is 0. The molecule has 2 aromatic rings. The van der Waals surface area contributed by atoms with Gasteiger partial charge in [0.15, 0.2) is 0 Å². The first-order chi connectivity index (χ1) is 9.81. The fourth-order valence-corrected chi connectivity index (χ4v) is 1.69. The molecule has 0 aliphatic rings. The van der Waals surface area contributed by atoms with Crippen molar-refractivity contribution in [1.82, 2.24) is 0 Å². The van der Waals surface area contributed by atoms with Gasteiger partial charge in [-0.15, -0.1) is 0 Å². The maximum absolute atomic E-state index is 13.3. The Morgan fingerprint density at radius 2 is 1.75 bits per heavy atom. The molecule has 0 unspecified atom stereocenters. The molecule has 0 atom stereocenters. The summed E-state index contributed by atoms with van der Waals surface area (Å²) in [5.74, 6) is 0.257. The molecule has 0 saturated carbocycles. The maximum Gasteiger partial charge on any atom is 0.137 e. The Morgan fingerprint density at radius 1 is 1.00 bits per heavy atom. The predicted octanol–water partition coefficient (Wildman–Crippen LogP) is 3.29. The summed E-state index contributed by atoms with van der Waals surface area (Å²) in [5.41, 5.74) is 1.01. The zero-order valence-electron chi connectivity index (χ0n) is 10.9. The van der Waals surface area contributed by atoms with Crippen LogP contribution in [-0.2, 0) is 11.3 Å². The molecule has 2 aromatic carbocycles. The van der Waals surface area contributed by atoms with E-state index in [1.807, 2.05) is 0 Å². The molecule has 4 heteroatoms. The van der Waals surface area contributed by atoms with Gasteiger partial charge in [0.25, 0.3) is 0 Å². The molecule has 0 aliphatic heterocycles. The highest BCUT2D eigenvalue weighted by Crippen LogP contribution is 2.16. The van der Waals surface area contributed by atoms with E-state index in [1.54, 1.807) is 42.5 Å². The largest absolute Gasteiger partial charge is 0.490 e. The van der Waals surface area contributed by atoms with Crippen LogP contribution in [0.15, 0.2) is 48.5 Å². The number of nitriles is 1. The van der Waals surface area contributed by atoms with Gasteiger partial charge in [0, 0.05) is 5.56 Å². The van der Waals surface area contributed by atoms with Gasteiger partial charge >= 0.3 is 0 Å². The van der Waals surface area contributed by atoms with Crippen LogP contribution < -0.4 is 4.74 Å². The highest BCUT2D eigenvalue weighted by molar-refractivity contribution is 5.42. The average Bonchev–Trinajstić information content (AvgIpc) is 2.49. The third kappa shape index (κ3) is 3.81. The van der Waals surface area contributed by atoms with Crippen molar-refractivity contribution < 1.29 is 13.9 Å². The van der Waals surface area contributed by atoms with Crippen LogP contribution in [0.3, 0.4) is 0 Å². The third-order valence-corrected chi connectivity index (χ3v) is 2.71. The summed E-state index contributed by atoms with van der Waals surface area (Å²) in [6.07, 6.45) is 0. The van der Waals surface area contributed by atoms with Crippen LogP contribution in [0.1, 0.15) is 11.1 Å². The van der Waals surface area contributed by atoms with Gasteiger partial charge in [-0.1, -0.05) is 30.3 Å². The van der Waals surface area contributed by atoms with Crippen molar-refractivity contribution in [2.45, 2.75) is 6.61 Å². The van der Waals surface area contributed by atoms with Gasteiger partial charge in [-0.05, 0) is 18.2 Å². The number of hydrogen-bond donors (Lipinski definition) is 0. The molecule has 3 nitrogen and oxygen atoms in total. The van der Waals surface area contributed by atoms with Crippen molar-refractivity contribution in [3.05, 3.63) is 65.5 Å². The van der Waals surface area contributed by atoms with Crippen LogP contribution in [0.4, 0.5) is 4.39 Å². The van der Waals surface area contributed by atoms with E-state index in [4.69, 9.17) is 14.7 Å². The second-order valence-electron chi connectivity index (χ2n) is 4.10. The van der Waals surface area contributed by atoms with E-state index in [-0.39, 0.29) is 12.4 Å². The number of nitrogens with zero attached hydrogens (tertiary/aromatic N) is 1. The number of halogens is 1. The predicted molar refractivity (Wildman–Crippen MR) is 72.7 cm³/mol. The molecule has 20 heavy (non-hydrogen) atoms. The number of ether oxygens (including phenoxy) is 2. The topological polar surface area (TPSA) is 42.2 Å². The molecule has 102 valence electrons. The molecule has 0 aliphatic carbocycles. The number of rotatable bonds is 6. The fourth-order valence-electron chi connectivity index (χ4n) is 1.69. The molecule has 0 N–H and O–H groups in total. The van der Waals surface area contributed by atoms with Crippen LogP contribution in [0.5, 0.6) is 5.75 Å². The minimum Gasteiger partial charge on any atom is -0.490 e. The SMILES string of the molecule is N#Cc1ccccc1OCCOCc1ccccc1F. The van der Waals surface area contributed by atoms with Crippen LogP contribution in [0.25, 0.3) is 0 Å². The summed E-state index contributed by atoms with van der Waals surface area (Å²) in [5, 5.41) is 8.90. The zero-order valence-corrected chi connectivity index (χ0v) is 10.9. The monoisotopic (exact) mass is 271 g/mol. The van der Waals surface area contributed by atoms with Crippen molar-refractivity contribution in [1.29, 1.82) is 5.26 Å². The minimum atomic E-state index is -0.275. The van der Waals surface area contributed by atoms with Crippen molar-refractivity contribution in [2.24, 2.45) is 0 Å². The third-order valence-electron chi connectivity index (χ3n) is 2.71. The minimum absolute atomic E-state index is 0.204. The molecule has 0 saturated heterocycles. The molecule has 0 aromatic heterocycles. The van der Waals surface area contributed by atoms with E-state index in [0.29, 0.717) is 30.1 Å². The second kappa shape index (κ2) is 7.27. The van der Waals surface area contributed by atoms with E-state index < -0.39 is 0 Å². The lowest BCUT2D eigenvalue weighted by Crippen LogP contribution is -2.08. The van der Waals surface area contributed by atoms with E-state index in [0.717, 1.165) is 0 Å². The Morgan fingerprint density at radius 3 is 2.55 bits per heavy atom.